The molecule has 3 atom stereocenters. The molecule has 104 valence electrons. The number of carbonyl (C=O) groups excluding carboxylic acids is 1. The van der Waals surface area contributed by atoms with Gasteiger partial charge in [0.1, 0.15) is 0 Å². The number of amides is 1. The monoisotopic (exact) mass is 269 g/mol. The van der Waals surface area contributed by atoms with Crippen LogP contribution in [0.2, 0.25) is 0 Å². The molecule has 1 aliphatic carbocycles. The van der Waals surface area contributed by atoms with Gasteiger partial charge in [0.05, 0.1) is 5.56 Å². The van der Waals surface area contributed by atoms with Crippen LogP contribution in [0.15, 0.2) is 30.6 Å². The van der Waals surface area contributed by atoms with Crippen LogP contribution in [-0.2, 0) is 0 Å². The van der Waals surface area contributed by atoms with Gasteiger partial charge in [-0.1, -0.05) is 0 Å². The van der Waals surface area contributed by atoms with Crippen molar-refractivity contribution in [1.29, 1.82) is 0 Å². The topological polar surface area (TPSA) is 45.5 Å². The van der Waals surface area contributed by atoms with Crippen molar-refractivity contribution >= 4 is 11.4 Å². The molecule has 2 aromatic rings. The van der Waals surface area contributed by atoms with Gasteiger partial charge >= 0.3 is 0 Å². The summed E-state index contributed by atoms with van der Waals surface area (Å²) in [6.07, 6.45) is 6.20. The predicted molar refractivity (Wildman–Crippen MR) is 77.9 cm³/mol. The lowest BCUT2D eigenvalue weighted by Crippen LogP contribution is -2.44. The molecule has 1 saturated heterocycles. The van der Waals surface area contributed by atoms with Crippen molar-refractivity contribution in [1.82, 2.24) is 15.0 Å². The van der Waals surface area contributed by atoms with Crippen molar-refractivity contribution in [3.8, 4) is 0 Å². The Hall–Kier alpha value is -1.81. The Balaban J connectivity index is 1.54. The van der Waals surface area contributed by atoms with E-state index in [1.807, 2.05) is 28.9 Å². The van der Waals surface area contributed by atoms with Crippen LogP contribution in [0, 0.1) is 12.8 Å². The first-order valence-corrected chi connectivity index (χ1v) is 7.32. The van der Waals surface area contributed by atoms with E-state index in [-0.39, 0.29) is 5.91 Å². The summed E-state index contributed by atoms with van der Waals surface area (Å²) in [6, 6.07) is 6.96. The molecule has 1 saturated carbocycles. The van der Waals surface area contributed by atoms with Crippen LogP contribution in [0.5, 0.6) is 0 Å². The van der Waals surface area contributed by atoms with Gasteiger partial charge in [-0.05, 0) is 49.4 Å². The van der Waals surface area contributed by atoms with Gasteiger partial charge in [0.25, 0.3) is 5.91 Å². The van der Waals surface area contributed by atoms with Gasteiger partial charge in [-0.25, -0.2) is 0 Å². The minimum Gasteiger partial charge on any atom is -0.349 e. The van der Waals surface area contributed by atoms with Crippen molar-refractivity contribution in [2.45, 2.75) is 31.8 Å². The lowest BCUT2D eigenvalue weighted by Gasteiger charge is -2.23. The maximum atomic E-state index is 12.4. The molecule has 2 fully saturated rings. The summed E-state index contributed by atoms with van der Waals surface area (Å²) in [4.78, 5) is 12.4. The first-order chi connectivity index (χ1) is 9.70. The van der Waals surface area contributed by atoms with Gasteiger partial charge in [0.2, 0.25) is 0 Å². The molecule has 2 aromatic heterocycles. The van der Waals surface area contributed by atoms with Crippen LogP contribution in [0.4, 0.5) is 0 Å². The summed E-state index contributed by atoms with van der Waals surface area (Å²) < 4.78 is 2.02. The Bertz CT molecular complexity index is 675. The molecule has 3 heterocycles. The van der Waals surface area contributed by atoms with E-state index in [4.69, 9.17) is 0 Å². The third kappa shape index (κ3) is 1.83. The third-order valence-electron chi connectivity index (χ3n) is 4.81. The van der Waals surface area contributed by atoms with E-state index in [2.05, 4.69) is 23.6 Å². The van der Waals surface area contributed by atoms with Crippen LogP contribution < -0.4 is 10.6 Å². The fourth-order valence-electron chi connectivity index (χ4n) is 3.65. The van der Waals surface area contributed by atoms with Gasteiger partial charge in [0, 0.05) is 36.5 Å². The number of aromatic nitrogens is 1. The lowest BCUT2D eigenvalue weighted by molar-refractivity contribution is 0.0924. The van der Waals surface area contributed by atoms with Gasteiger partial charge < -0.3 is 15.0 Å². The third-order valence-corrected chi connectivity index (χ3v) is 4.81. The molecule has 0 radical (unpaired) electrons. The van der Waals surface area contributed by atoms with Gasteiger partial charge in [-0.3, -0.25) is 4.79 Å². The zero-order chi connectivity index (χ0) is 13.7. The van der Waals surface area contributed by atoms with Crippen LogP contribution >= 0.6 is 0 Å². The van der Waals surface area contributed by atoms with E-state index < -0.39 is 0 Å². The molecule has 2 aliphatic rings. The Labute approximate surface area is 118 Å². The number of fused-ring (bicyclic) bond motifs is 3. The molecule has 20 heavy (non-hydrogen) atoms. The van der Waals surface area contributed by atoms with Crippen molar-refractivity contribution < 1.29 is 4.79 Å². The number of rotatable bonds is 2. The molecular weight excluding hydrogens is 250 g/mol. The fraction of sp³-hybridized carbons (Fsp3) is 0.438. The van der Waals surface area contributed by atoms with Crippen molar-refractivity contribution in [3.63, 3.8) is 0 Å². The Morgan fingerprint density at radius 1 is 1.35 bits per heavy atom. The predicted octanol–water partition coefficient (Wildman–Crippen LogP) is 1.73. The highest BCUT2D eigenvalue weighted by atomic mass is 16.1. The number of nitrogens with zero attached hydrogens (tertiary/aromatic N) is 1. The zero-order valence-electron chi connectivity index (χ0n) is 11.6. The van der Waals surface area contributed by atoms with Gasteiger partial charge in [0.15, 0.2) is 0 Å². The second-order valence-electron chi connectivity index (χ2n) is 6.13. The number of carbonyl (C=O) groups is 1. The summed E-state index contributed by atoms with van der Waals surface area (Å²) in [5.74, 6) is 0.664. The lowest BCUT2D eigenvalue weighted by atomic mass is 10.0. The van der Waals surface area contributed by atoms with Crippen LogP contribution in [0.3, 0.4) is 0 Å². The molecule has 0 aromatic carbocycles. The summed E-state index contributed by atoms with van der Waals surface area (Å²) in [5.41, 5.74) is 3.13. The standard InChI is InChI=1S/C16H19N3O/c1-10-4-5-19-9-11(2-3-15(10)19)16(20)18-14-7-13-6-12(14)8-17-13/h2-5,9,12-14,17H,6-8H2,1H3,(H,18,20). The number of pyridine rings is 1. The number of piperidine rings is 1. The molecule has 2 bridgehead atoms. The minimum atomic E-state index is 0.0517. The molecule has 4 rings (SSSR count). The molecule has 0 spiro atoms. The highest BCUT2D eigenvalue weighted by Gasteiger charge is 2.40. The van der Waals surface area contributed by atoms with E-state index in [9.17, 15) is 4.79 Å². The maximum absolute atomic E-state index is 12.4. The minimum absolute atomic E-state index is 0.0517. The van der Waals surface area contributed by atoms with Crippen LogP contribution in [0.25, 0.3) is 5.52 Å². The first kappa shape index (κ1) is 12.0. The van der Waals surface area contributed by atoms with Gasteiger partial charge in [-0.15, -0.1) is 0 Å². The van der Waals surface area contributed by atoms with E-state index in [0.717, 1.165) is 24.0 Å². The molecule has 3 unspecified atom stereocenters. The zero-order valence-corrected chi connectivity index (χ0v) is 11.6. The quantitative estimate of drug-likeness (QED) is 0.872. The molecule has 1 amide bonds. The van der Waals surface area contributed by atoms with Crippen molar-refractivity contribution in [3.05, 3.63) is 41.7 Å². The highest BCUT2D eigenvalue weighted by molar-refractivity contribution is 5.94. The molecule has 2 N–H and O–H groups in total. The molecule has 1 aliphatic heterocycles. The van der Waals surface area contributed by atoms with E-state index in [0.29, 0.717) is 18.0 Å². The van der Waals surface area contributed by atoms with Crippen molar-refractivity contribution in [2.75, 3.05) is 6.54 Å². The fourth-order valence-corrected chi connectivity index (χ4v) is 3.65. The highest BCUT2D eigenvalue weighted by Crippen LogP contribution is 2.31. The SMILES string of the molecule is Cc1ccn2cc(C(=O)NC3CC4CC3CN4)ccc12. The second kappa shape index (κ2) is 4.35. The largest absolute Gasteiger partial charge is 0.349 e. The van der Waals surface area contributed by atoms with E-state index in [1.165, 1.54) is 12.0 Å². The number of nitrogens with one attached hydrogen (secondary N) is 2. The average molecular weight is 269 g/mol. The Kier molecular flexibility index (Phi) is 2.60. The molecule has 4 heteroatoms. The van der Waals surface area contributed by atoms with E-state index in [1.54, 1.807) is 0 Å². The molecule has 4 nitrogen and oxygen atoms in total. The van der Waals surface area contributed by atoms with Gasteiger partial charge in [-0.2, -0.15) is 0 Å². The smallest absolute Gasteiger partial charge is 0.253 e. The number of aryl methyl sites for hydroxylation is 1. The first-order valence-electron chi connectivity index (χ1n) is 7.32. The molecular formula is C16H19N3O. The summed E-state index contributed by atoms with van der Waals surface area (Å²) in [7, 11) is 0. The normalized spacial score (nSPS) is 28.1. The van der Waals surface area contributed by atoms with Crippen LogP contribution in [0.1, 0.15) is 28.8 Å². The Morgan fingerprint density at radius 2 is 2.25 bits per heavy atom. The van der Waals surface area contributed by atoms with E-state index >= 15 is 0 Å². The summed E-state index contributed by atoms with van der Waals surface area (Å²) in [5, 5.41) is 6.68. The Morgan fingerprint density at radius 3 is 3.00 bits per heavy atom. The second-order valence-corrected chi connectivity index (χ2v) is 6.13. The average Bonchev–Trinajstić information content (AvgIpc) is 3.14. The van der Waals surface area contributed by atoms with Crippen LogP contribution in [-0.4, -0.2) is 28.9 Å². The number of hydrogen-bond acceptors (Lipinski definition) is 2. The van der Waals surface area contributed by atoms with Crippen molar-refractivity contribution in [2.24, 2.45) is 5.92 Å². The number of hydrogen-bond donors (Lipinski definition) is 2. The summed E-state index contributed by atoms with van der Waals surface area (Å²) in [6.45, 7) is 3.13. The summed E-state index contributed by atoms with van der Waals surface area (Å²) >= 11 is 0. The maximum Gasteiger partial charge on any atom is 0.253 e.